The number of furan rings is 1. The van der Waals surface area contributed by atoms with Crippen molar-refractivity contribution in [1.29, 1.82) is 0 Å². The van der Waals surface area contributed by atoms with Crippen LogP contribution in [0.5, 0.6) is 0 Å². The molecule has 0 fully saturated rings. The van der Waals surface area contributed by atoms with Gasteiger partial charge in [-0.15, -0.1) is 11.3 Å². The van der Waals surface area contributed by atoms with Gasteiger partial charge in [0, 0.05) is 24.4 Å². The molecule has 3 aromatic heterocycles. The molecule has 0 saturated carbocycles. The maximum absolute atomic E-state index is 12.0. The van der Waals surface area contributed by atoms with E-state index < -0.39 is 0 Å². The van der Waals surface area contributed by atoms with Crippen LogP contribution < -0.4 is 14.8 Å². The van der Waals surface area contributed by atoms with E-state index in [1.54, 1.807) is 24.4 Å². The lowest BCUT2D eigenvalue weighted by atomic mass is 10.2. The highest BCUT2D eigenvalue weighted by molar-refractivity contribution is 7.07. The fraction of sp³-hybridized carbons (Fsp3) is 0.235. The molecule has 24 heavy (non-hydrogen) atoms. The number of hydrogen-bond acceptors (Lipinski definition) is 5. The lowest BCUT2D eigenvalue weighted by molar-refractivity contribution is 0.103. The van der Waals surface area contributed by atoms with Crippen LogP contribution in [0.1, 0.15) is 30.0 Å². The van der Waals surface area contributed by atoms with Gasteiger partial charge in [-0.2, -0.15) is 5.10 Å². The first-order valence-corrected chi connectivity index (χ1v) is 8.36. The normalized spacial score (nSPS) is 13.1. The molecule has 0 aromatic carbocycles. The van der Waals surface area contributed by atoms with Crippen molar-refractivity contribution in [2.75, 3.05) is 0 Å². The van der Waals surface area contributed by atoms with Crippen molar-refractivity contribution < 1.29 is 9.21 Å². The lowest BCUT2D eigenvalue weighted by Gasteiger charge is -2.02. The summed E-state index contributed by atoms with van der Waals surface area (Å²) in [6, 6.07) is 3.23. The summed E-state index contributed by atoms with van der Waals surface area (Å²) in [6.45, 7) is 5.06. The third-order valence-electron chi connectivity index (χ3n) is 3.21. The molecule has 0 aliphatic rings. The Morgan fingerprint density at radius 3 is 3.04 bits per heavy atom. The third kappa shape index (κ3) is 3.80. The first-order valence-electron chi connectivity index (χ1n) is 7.54. The molecule has 0 radical (unpaired) electrons. The molecule has 6 nitrogen and oxygen atoms in total. The second-order valence-electron chi connectivity index (χ2n) is 5.80. The summed E-state index contributed by atoms with van der Waals surface area (Å²) in [4.78, 5) is 26.7. The Morgan fingerprint density at radius 2 is 2.33 bits per heavy atom. The summed E-state index contributed by atoms with van der Waals surface area (Å²) in [6.07, 6.45) is 8.19. The third-order valence-corrected chi connectivity index (χ3v) is 4.17. The zero-order chi connectivity index (χ0) is 17.1. The highest BCUT2D eigenvalue weighted by Crippen LogP contribution is 2.03. The Morgan fingerprint density at radius 1 is 1.50 bits per heavy atom. The molecule has 3 rings (SSSR count). The summed E-state index contributed by atoms with van der Waals surface area (Å²) in [5.41, 5.74) is 0.627. The van der Waals surface area contributed by atoms with Crippen molar-refractivity contribution in [1.82, 2.24) is 14.8 Å². The van der Waals surface area contributed by atoms with Crippen LogP contribution in [0.15, 0.2) is 40.0 Å². The van der Waals surface area contributed by atoms with Crippen molar-refractivity contribution in [2.24, 2.45) is 5.92 Å². The van der Waals surface area contributed by atoms with Gasteiger partial charge in [0.05, 0.1) is 21.7 Å². The molecule has 0 spiro atoms. The van der Waals surface area contributed by atoms with E-state index in [4.69, 9.17) is 4.42 Å². The largest absolute Gasteiger partial charge is 0.461 e. The van der Waals surface area contributed by atoms with Gasteiger partial charge in [0.1, 0.15) is 0 Å². The van der Waals surface area contributed by atoms with Crippen molar-refractivity contribution in [2.45, 2.75) is 20.4 Å². The number of H-pyrrole nitrogens is 1. The molecule has 1 N–H and O–H groups in total. The number of ketones is 1. The molecule has 3 aromatic rings. The van der Waals surface area contributed by atoms with Crippen molar-refractivity contribution in [3.63, 3.8) is 0 Å². The van der Waals surface area contributed by atoms with Gasteiger partial charge in [0.25, 0.3) is 5.56 Å². The molecule has 0 amide bonds. The number of aromatic amines is 1. The van der Waals surface area contributed by atoms with E-state index >= 15 is 0 Å². The van der Waals surface area contributed by atoms with E-state index in [2.05, 4.69) is 23.9 Å². The Hall–Kier alpha value is -2.67. The SMILES string of the molecule is CC(C)Cn1cc(C=c2sc(=CC(=O)c3ccco3)[nH]c2=O)cn1. The standard InChI is InChI=1S/C17H17N3O3S/c1-11(2)9-20-10-12(8-18-20)6-15-17(22)19-16(24-15)7-13(21)14-4-3-5-23-14/h3-8,10-11H,9H2,1-2H3,(H,19,22). The van der Waals surface area contributed by atoms with Crippen LogP contribution >= 0.6 is 11.3 Å². The van der Waals surface area contributed by atoms with Crippen LogP contribution in [0.25, 0.3) is 12.2 Å². The fourth-order valence-electron chi connectivity index (χ4n) is 2.21. The first-order chi connectivity index (χ1) is 11.5. The maximum atomic E-state index is 12.0. The summed E-state index contributed by atoms with van der Waals surface area (Å²) in [7, 11) is 0. The van der Waals surface area contributed by atoms with E-state index in [0.717, 1.165) is 12.1 Å². The zero-order valence-corrected chi connectivity index (χ0v) is 14.2. The van der Waals surface area contributed by atoms with Gasteiger partial charge < -0.3 is 9.40 Å². The highest BCUT2D eigenvalue weighted by atomic mass is 32.1. The van der Waals surface area contributed by atoms with E-state index in [1.165, 1.54) is 23.7 Å². The van der Waals surface area contributed by atoms with Gasteiger partial charge in [-0.3, -0.25) is 14.3 Å². The van der Waals surface area contributed by atoms with Crippen LogP contribution in [0.4, 0.5) is 0 Å². The summed E-state index contributed by atoms with van der Waals surface area (Å²) < 4.78 is 7.91. The van der Waals surface area contributed by atoms with Gasteiger partial charge in [-0.1, -0.05) is 13.8 Å². The Labute approximate surface area is 141 Å². The van der Waals surface area contributed by atoms with Crippen molar-refractivity contribution >= 4 is 29.3 Å². The Kier molecular flexibility index (Phi) is 4.61. The number of thiazole rings is 1. The van der Waals surface area contributed by atoms with Gasteiger partial charge in [-0.05, 0) is 24.1 Å². The second kappa shape index (κ2) is 6.84. The second-order valence-corrected chi connectivity index (χ2v) is 6.89. The Bertz CT molecular complexity index is 1010. The molecular weight excluding hydrogens is 326 g/mol. The molecule has 0 aliphatic heterocycles. The topological polar surface area (TPSA) is 80.9 Å². The number of nitrogens with zero attached hydrogens (tertiary/aromatic N) is 2. The molecule has 7 heteroatoms. The number of carbonyl (C=O) groups excluding carboxylic acids is 1. The van der Waals surface area contributed by atoms with Gasteiger partial charge in [0.15, 0.2) is 5.76 Å². The Balaban J connectivity index is 1.90. The molecule has 0 bridgehead atoms. The number of Topliss-reactive ketones (excluding diaryl/α,β-unsaturated/α-hetero) is 1. The average Bonchev–Trinajstić information content (AvgIpc) is 3.22. The number of carbonyl (C=O) groups is 1. The minimum Gasteiger partial charge on any atom is -0.461 e. The van der Waals surface area contributed by atoms with Crippen LogP contribution in [0, 0.1) is 5.92 Å². The predicted octanol–water partition coefficient (Wildman–Crippen LogP) is 1.37. The summed E-state index contributed by atoms with van der Waals surface area (Å²) in [5, 5.41) is 4.27. The van der Waals surface area contributed by atoms with Gasteiger partial charge in [0.2, 0.25) is 5.78 Å². The van der Waals surface area contributed by atoms with Gasteiger partial charge >= 0.3 is 0 Å². The van der Waals surface area contributed by atoms with Crippen molar-refractivity contribution in [3.8, 4) is 0 Å². The molecule has 0 aliphatic carbocycles. The number of aromatic nitrogens is 3. The predicted molar refractivity (Wildman–Crippen MR) is 92.3 cm³/mol. The van der Waals surface area contributed by atoms with E-state index in [-0.39, 0.29) is 17.1 Å². The van der Waals surface area contributed by atoms with Crippen LogP contribution in [0.3, 0.4) is 0 Å². The van der Waals surface area contributed by atoms with Crippen molar-refractivity contribution in [3.05, 3.63) is 61.7 Å². The van der Waals surface area contributed by atoms with Gasteiger partial charge in [-0.25, -0.2) is 0 Å². The highest BCUT2D eigenvalue weighted by Gasteiger charge is 2.06. The number of rotatable bonds is 5. The minimum atomic E-state index is -0.284. The van der Waals surface area contributed by atoms with E-state index in [0.29, 0.717) is 15.1 Å². The zero-order valence-electron chi connectivity index (χ0n) is 13.4. The van der Waals surface area contributed by atoms with Crippen LogP contribution in [-0.4, -0.2) is 20.5 Å². The van der Waals surface area contributed by atoms with Crippen LogP contribution in [-0.2, 0) is 6.54 Å². The molecule has 0 saturated heterocycles. The lowest BCUT2D eigenvalue weighted by Crippen LogP contribution is -2.19. The molecule has 3 heterocycles. The molecule has 0 atom stereocenters. The number of hydrogen-bond donors (Lipinski definition) is 1. The molecule has 0 unspecified atom stereocenters. The molecular formula is C17H17N3O3S. The van der Waals surface area contributed by atoms with E-state index in [9.17, 15) is 9.59 Å². The fourth-order valence-corrected chi connectivity index (χ4v) is 3.10. The molecule has 124 valence electrons. The smallest absolute Gasteiger partial charge is 0.266 e. The minimum absolute atomic E-state index is 0.227. The maximum Gasteiger partial charge on any atom is 0.266 e. The monoisotopic (exact) mass is 343 g/mol. The average molecular weight is 343 g/mol. The first kappa shape index (κ1) is 16.2. The van der Waals surface area contributed by atoms with Crippen LogP contribution in [0.2, 0.25) is 0 Å². The summed E-state index contributed by atoms with van der Waals surface area (Å²) >= 11 is 1.22. The number of nitrogens with one attached hydrogen (secondary N) is 1. The summed E-state index contributed by atoms with van der Waals surface area (Å²) in [5.74, 6) is 0.454. The quantitative estimate of drug-likeness (QED) is 0.710. The van der Waals surface area contributed by atoms with E-state index in [1.807, 2.05) is 10.9 Å².